The first-order valence-corrected chi connectivity index (χ1v) is 13.5. The molecule has 200 valence electrons. The average molecular weight is 544 g/mol. The maximum Gasteiger partial charge on any atom is 0.307 e. The molecular formula is C30H30ClN5O3. The molecule has 0 radical (unpaired) electrons. The van der Waals surface area contributed by atoms with Crippen LogP contribution in [0.2, 0.25) is 5.02 Å². The summed E-state index contributed by atoms with van der Waals surface area (Å²) in [5.41, 5.74) is 3.18. The number of amides is 1. The smallest absolute Gasteiger partial charge is 0.307 e. The van der Waals surface area contributed by atoms with Crippen LogP contribution in [0.3, 0.4) is 0 Å². The molecule has 39 heavy (non-hydrogen) atoms. The molecule has 0 saturated heterocycles. The number of halogens is 1. The van der Waals surface area contributed by atoms with E-state index in [0.717, 1.165) is 35.1 Å². The minimum Gasteiger partial charge on any atom is -0.461 e. The second-order valence-electron chi connectivity index (χ2n) is 10.0. The standard InChI is InChI=1S/C30H30ClN5O3/c31-25-10-6-9-24(18-25)23-13-11-21(12-14-23)17-26(28-33-35-36-34-28)32-29(38)30(15-4-5-16-30)19-27(37)39-20-22-7-2-1-3-8-22/h1-3,6-14,18,26H,4-5,15-17,19-20H2,(H,32,38)(H,33,34,35,36)/t26-/m0/s1. The van der Waals surface area contributed by atoms with E-state index in [1.807, 2.05) is 78.9 Å². The second-order valence-corrected chi connectivity index (χ2v) is 10.5. The minimum absolute atomic E-state index is 0.0430. The minimum atomic E-state index is -0.810. The first kappa shape index (κ1) is 26.6. The summed E-state index contributed by atoms with van der Waals surface area (Å²) >= 11 is 6.15. The fourth-order valence-electron chi connectivity index (χ4n) is 5.18. The van der Waals surface area contributed by atoms with Crippen molar-refractivity contribution in [3.63, 3.8) is 0 Å². The van der Waals surface area contributed by atoms with Crippen LogP contribution in [0.1, 0.15) is 55.1 Å². The highest BCUT2D eigenvalue weighted by molar-refractivity contribution is 6.30. The van der Waals surface area contributed by atoms with Crippen molar-refractivity contribution in [2.24, 2.45) is 5.41 Å². The Balaban J connectivity index is 1.28. The molecule has 0 aliphatic heterocycles. The molecule has 1 aromatic heterocycles. The number of aromatic amines is 1. The zero-order chi connectivity index (χ0) is 27.1. The number of esters is 1. The predicted molar refractivity (Wildman–Crippen MR) is 147 cm³/mol. The molecule has 1 atom stereocenters. The number of rotatable bonds is 10. The van der Waals surface area contributed by atoms with Gasteiger partial charge in [-0.25, -0.2) is 5.10 Å². The number of benzene rings is 3. The van der Waals surface area contributed by atoms with Crippen molar-refractivity contribution in [2.45, 2.75) is 51.2 Å². The summed E-state index contributed by atoms with van der Waals surface area (Å²) in [6.45, 7) is 0.189. The molecule has 0 spiro atoms. The number of nitrogens with zero attached hydrogens (tertiary/aromatic N) is 3. The molecule has 1 heterocycles. The molecule has 3 aromatic carbocycles. The molecule has 2 N–H and O–H groups in total. The third-order valence-corrected chi connectivity index (χ3v) is 7.55. The fourth-order valence-corrected chi connectivity index (χ4v) is 5.37. The molecule has 5 rings (SSSR count). The molecule has 8 nitrogen and oxygen atoms in total. The van der Waals surface area contributed by atoms with E-state index < -0.39 is 11.5 Å². The van der Waals surface area contributed by atoms with Gasteiger partial charge in [0.2, 0.25) is 5.91 Å². The molecule has 9 heteroatoms. The zero-order valence-corrected chi connectivity index (χ0v) is 22.2. The highest BCUT2D eigenvalue weighted by Gasteiger charge is 2.44. The highest BCUT2D eigenvalue weighted by Crippen LogP contribution is 2.42. The molecule has 1 saturated carbocycles. The van der Waals surface area contributed by atoms with Gasteiger partial charge in [0, 0.05) is 11.4 Å². The Labute approximate surface area is 232 Å². The van der Waals surface area contributed by atoms with E-state index in [-0.39, 0.29) is 24.9 Å². The number of H-pyrrole nitrogens is 1. The van der Waals surface area contributed by atoms with Crippen LogP contribution < -0.4 is 5.32 Å². The molecule has 4 aromatic rings. The molecule has 1 aliphatic rings. The van der Waals surface area contributed by atoms with Crippen LogP contribution in [-0.2, 0) is 27.4 Å². The van der Waals surface area contributed by atoms with Gasteiger partial charge in [0.1, 0.15) is 6.61 Å². The van der Waals surface area contributed by atoms with Crippen molar-refractivity contribution < 1.29 is 14.3 Å². The molecular weight excluding hydrogens is 514 g/mol. The molecule has 0 unspecified atom stereocenters. The van der Waals surface area contributed by atoms with E-state index in [4.69, 9.17) is 16.3 Å². The van der Waals surface area contributed by atoms with Crippen molar-refractivity contribution in [2.75, 3.05) is 0 Å². The lowest BCUT2D eigenvalue weighted by atomic mass is 9.81. The van der Waals surface area contributed by atoms with Crippen LogP contribution in [0.5, 0.6) is 0 Å². The van der Waals surface area contributed by atoms with E-state index in [1.165, 1.54) is 0 Å². The largest absolute Gasteiger partial charge is 0.461 e. The van der Waals surface area contributed by atoms with Crippen molar-refractivity contribution in [1.29, 1.82) is 0 Å². The van der Waals surface area contributed by atoms with Gasteiger partial charge < -0.3 is 10.1 Å². The van der Waals surface area contributed by atoms with E-state index in [2.05, 4.69) is 25.9 Å². The van der Waals surface area contributed by atoms with Gasteiger partial charge in [0.15, 0.2) is 5.82 Å². The number of aromatic nitrogens is 4. The number of hydrogen-bond acceptors (Lipinski definition) is 6. The molecule has 1 aliphatic carbocycles. The summed E-state index contributed by atoms with van der Waals surface area (Å²) in [6.07, 6.45) is 3.57. The lowest BCUT2D eigenvalue weighted by molar-refractivity contribution is -0.151. The number of carbonyl (C=O) groups is 2. The Morgan fingerprint density at radius 2 is 1.72 bits per heavy atom. The lowest BCUT2D eigenvalue weighted by Gasteiger charge is -2.29. The summed E-state index contributed by atoms with van der Waals surface area (Å²) in [6, 6.07) is 24.8. The van der Waals surface area contributed by atoms with Crippen LogP contribution >= 0.6 is 11.6 Å². The van der Waals surface area contributed by atoms with Crippen molar-refractivity contribution in [3.8, 4) is 11.1 Å². The zero-order valence-electron chi connectivity index (χ0n) is 21.5. The number of tetrazole rings is 1. The highest BCUT2D eigenvalue weighted by atomic mass is 35.5. The molecule has 1 fully saturated rings. The maximum absolute atomic E-state index is 13.7. The van der Waals surface area contributed by atoms with Crippen molar-refractivity contribution >= 4 is 23.5 Å². The third-order valence-electron chi connectivity index (χ3n) is 7.32. The Bertz CT molecular complexity index is 1390. The predicted octanol–water partition coefficient (Wildman–Crippen LogP) is 5.61. The van der Waals surface area contributed by atoms with E-state index in [1.54, 1.807) is 0 Å². The van der Waals surface area contributed by atoms with Crippen LogP contribution in [-0.4, -0.2) is 32.5 Å². The number of carbonyl (C=O) groups excluding carboxylic acids is 2. The average Bonchev–Trinajstić information content (AvgIpc) is 3.66. The normalized spacial score (nSPS) is 15.0. The van der Waals surface area contributed by atoms with Crippen LogP contribution in [0.15, 0.2) is 78.9 Å². The monoisotopic (exact) mass is 543 g/mol. The van der Waals surface area contributed by atoms with Gasteiger partial charge in [-0.2, -0.15) is 0 Å². The summed E-state index contributed by atoms with van der Waals surface area (Å²) in [7, 11) is 0. The first-order chi connectivity index (χ1) is 19.0. The van der Waals surface area contributed by atoms with Gasteiger partial charge in [-0.3, -0.25) is 9.59 Å². The quantitative estimate of drug-likeness (QED) is 0.251. The van der Waals surface area contributed by atoms with Gasteiger partial charge in [-0.15, -0.1) is 5.10 Å². The number of nitrogens with one attached hydrogen (secondary N) is 2. The van der Waals surface area contributed by atoms with Crippen LogP contribution in [0, 0.1) is 5.41 Å². The first-order valence-electron chi connectivity index (χ1n) is 13.1. The maximum atomic E-state index is 13.7. The van der Waals surface area contributed by atoms with Gasteiger partial charge in [-0.1, -0.05) is 91.2 Å². The van der Waals surface area contributed by atoms with Gasteiger partial charge in [-0.05, 0) is 57.7 Å². The summed E-state index contributed by atoms with van der Waals surface area (Å²) in [5, 5.41) is 18.1. The molecule has 0 bridgehead atoms. The Morgan fingerprint density at radius 3 is 2.41 bits per heavy atom. The lowest BCUT2D eigenvalue weighted by Crippen LogP contribution is -2.43. The Morgan fingerprint density at radius 1 is 0.949 bits per heavy atom. The van der Waals surface area contributed by atoms with E-state index in [0.29, 0.717) is 30.1 Å². The summed E-state index contributed by atoms with van der Waals surface area (Å²) in [5.74, 6) is -0.0823. The topological polar surface area (TPSA) is 110 Å². The number of ether oxygens (including phenoxy) is 1. The number of hydrogen-bond donors (Lipinski definition) is 2. The fraction of sp³-hybridized carbons (Fsp3) is 0.300. The van der Waals surface area contributed by atoms with Crippen molar-refractivity contribution in [3.05, 3.63) is 101 Å². The van der Waals surface area contributed by atoms with Crippen molar-refractivity contribution in [1.82, 2.24) is 25.9 Å². The SMILES string of the molecule is O=C(CC1(C(=O)N[C@@H](Cc2ccc(-c3cccc(Cl)c3)cc2)c2nnn[nH]2)CCCC1)OCc1ccccc1. The van der Waals surface area contributed by atoms with Gasteiger partial charge >= 0.3 is 5.97 Å². The van der Waals surface area contributed by atoms with Gasteiger partial charge in [0.25, 0.3) is 0 Å². The van der Waals surface area contributed by atoms with Crippen LogP contribution in [0.25, 0.3) is 11.1 Å². The second kappa shape index (κ2) is 12.2. The summed E-state index contributed by atoms with van der Waals surface area (Å²) in [4.78, 5) is 26.5. The van der Waals surface area contributed by atoms with E-state index >= 15 is 0 Å². The van der Waals surface area contributed by atoms with Crippen LogP contribution in [0.4, 0.5) is 0 Å². The third kappa shape index (κ3) is 6.70. The molecule has 1 amide bonds. The summed E-state index contributed by atoms with van der Waals surface area (Å²) < 4.78 is 5.53. The Kier molecular flexibility index (Phi) is 8.32. The van der Waals surface area contributed by atoms with E-state index in [9.17, 15) is 9.59 Å². The van der Waals surface area contributed by atoms with Gasteiger partial charge in [0.05, 0.1) is 17.9 Å². The Hall–Kier alpha value is -4.04.